The van der Waals surface area contributed by atoms with Gasteiger partial charge in [0.05, 0.1) is 27.8 Å². The zero-order valence-electron chi connectivity index (χ0n) is 17.0. The van der Waals surface area contributed by atoms with E-state index in [9.17, 15) is 22.8 Å². The number of anilines is 1. The van der Waals surface area contributed by atoms with Crippen LogP contribution in [0.25, 0.3) is 11.0 Å². The molecule has 1 unspecified atom stereocenters. The molecule has 0 aliphatic carbocycles. The molecule has 1 aromatic carbocycles. The quantitative estimate of drug-likeness (QED) is 0.583. The molecule has 162 valence electrons. The topological polar surface area (TPSA) is 123 Å². The molecule has 1 aliphatic heterocycles. The molecule has 0 radical (unpaired) electrons. The maximum absolute atomic E-state index is 13.4. The third kappa shape index (κ3) is 3.55. The van der Waals surface area contributed by atoms with Crippen LogP contribution in [0.2, 0.25) is 0 Å². The molecular formula is C20H21N5O5S. The lowest BCUT2D eigenvalue weighted by Gasteiger charge is -2.23. The number of sulfonamides is 1. The van der Waals surface area contributed by atoms with Crippen molar-refractivity contribution in [2.45, 2.75) is 23.8 Å². The largest absolute Gasteiger partial charge is 0.323 e. The average molecular weight is 443 g/mol. The monoisotopic (exact) mass is 443 g/mol. The van der Waals surface area contributed by atoms with Gasteiger partial charge in [-0.05, 0) is 43.2 Å². The molecule has 3 heterocycles. The summed E-state index contributed by atoms with van der Waals surface area (Å²) in [6.07, 6.45) is 4.00. The standard InChI is InChI=1S/C20H21N5O5S/c1-23-15-8-7-14(11-17(15)24(2)20(28)19(23)27)31(29,30)25-10-4-6-16(25)18(26)22-13-5-3-9-21-12-13/h3,5,7-9,11-12,16H,4,6,10H2,1-2H3,(H,22,26). The third-order valence-electron chi connectivity index (χ3n) is 5.50. The van der Waals surface area contributed by atoms with E-state index < -0.39 is 33.1 Å². The van der Waals surface area contributed by atoms with Gasteiger partial charge in [-0.15, -0.1) is 0 Å². The summed E-state index contributed by atoms with van der Waals surface area (Å²) >= 11 is 0. The number of carbonyl (C=O) groups excluding carboxylic acids is 1. The number of aryl methyl sites for hydroxylation is 2. The highest BCUT2D eigenvalue weighted by atomic mass is 32.2. The molecule has 1 amide bonds. The normalized spacial score (nSPS) is 17.2. The molecule has 0 spiro atoms. The van der Waals surface area contributed by atoms with Crippen LogP contribution in [0.15, 0.2) is 57.2 Å². The highest BCUT2D eigenvalue weighted by Gasteiger charge is 2.39. The van der Waals surface area contributed by atoms with Crippen LogP contribution in [0, 0.1) is 0 Å². The molecule has 1 saturated heterocycles. The summed E-state index contributed by atoms with van der Waals surface area (Å²) in [5.74, 6) is -0.426. The van der Waals surface area contributed by atoms with E-state index in [0.29, 0.717) is 29.6 Å². The molecule has 0 bridgehead atoms. The number of aromatic nitrogens is 3. The van der Waals surface area contributed by atoms with Crippen LogP contribution in [-0.4, -0.2) is 45.3 Å². The number of pyridine rings is 1. The maximum atomic E-state index is 13.4. The summed E-state index contributed by atoms with van der Waals surface area (Å²) in [4.78, 5) is 40.8. The van der Waals surface area contributed by atoms with Crippen molar-refractivity contribution < 1.29 is 13.2 Å². The number of rotatable bonds is 4. The Morgan fingerprint density at radius 3 is 2.48 bits per heavy atom. The molecular weight excluding hydrogens is 422 g/mol. The Labute approximate surface area is 177 Å². The third-order valence-corrected chi connectivity index (χ3v) is 7.41. The van der Waals surface area contributed by atoms with Gasteiger partial charge in [-0.3, -0.25) is 19.4 Å². The number of fused-ring (bicyclic) bond motifs is 1. The average Bonchev–Trinajstić information content (AvgIpc) is 3.27. The Hall–Kier alpha value is -3.31. The van der Waals surface area contributed by atoms with Crippen LogP contribution >= 0.6 is 0 Å². The van der Waals surface area contributed by atoms with E-state index >= 15 is 0 Å². The lowest BCUT2D eigenvalue weighted by Crippen LogP contribution is -2.43. The zero-order chi connectivity index (χ0) is 22.3. The van der Waals surface area contributed by atoms with Crippen LogP contribution in [0.5, 0.6) is 0 Å². The van der Waals surface area contributed by atoms with Crippen LogP contribution in [0.4, 0.5) is 5.69 Å². The molecule has 3 aromatic rings. The summed E-state index contributed by atoms with van der Waals surface area (Å²) in [6.45, 7) is 0.206. The Bertz CT molecular complexity index is 1400. The molecule has 1 fully saturated rings. The van der Waals surface area contributed by atoms with Gasteiger partial charge >= 0.3 is 11.1 Å². The first-order valence-electron chi connectivity index (χ1n) is 9.64. The Balaban J connectivity index is 1.72. The van der Waals surface area contributed by atoms with E-state index in [4.69, 9.17) is 0 Å². The van der Waals surface area contributed by atoms with Crippen molar-refractivity contribution in [2.24, 2.45) is 14.1 Å². The number of hydrogen-bond donors (Lipinski definition) is 1. The Kier molecular flexibility index (Phi) is 5.23. The van der Waals surface area contributed by atoms with Gasteiger partial charge in [0.2, 0.25) is 15.9 Å². The number of benzene rings is 1. The molecule has 1 aliphatic rings. The van der Waals surface area contributed by atoms with Crippen LogP contribution in [0.3, 0.4) is 0 Å². The summed E-state index contributed by atoms with van der Waals surface area (Å²) in [6, 6.07) is 6.72. The predicted octanol–water partition coefficient (Wildman–Crippen LogP) is 0.424. The Morgan fingerprint density at radius 1 is 1.10 bits per heavy atom. The highest BCUT2D eigenvalue weighted by Crippen LogP contribution is 2.28. The van der Waals surface area contributed by atoms with Gasteiger partial charge in [0.15, 0.2) is 0 Å². The van der Waals surface area contributed by atoms with E-state index in [2.05, 4.69) is 10.3 Å². The van der Waals surface area contributed by atoms with Gasteiger partial charge in [-0.2, -0.15) is 4.31 Å². The van der Waals surface area contributed by atoms with Gasteiger partial charge < -0.3 is 14.5 Å². The number of carbonyl (C=O) groups is 1. The molecule has 1 N–H and O–H groups in total. The lowest BCUT2D eigenvalue weighted by molar-refractivity contribution is -0.119. The summed E-state index contributed by atoms with van der Waals surface area (Å²) in [5, 5.41) is 2.71. The van der Waals surface area contributed by atoms with E-state index in [0.717, 1.165) is 4.57 Å². The molecule has 11 heteroatoms. The molecule has 0 saturated carbocycles. The zero-order valence-corrected chi connectivity index (χ0v) is 17.8. The van der Waals surface area contributed by atoms with Gasteiger partial charge in [0, 0.05) is 26.8 Å². The van der Waals surface area contributed by atoms with Crippen molar-refractivity contribution in [1.82, 2.24) is 18.4 Å². The van der Waals surface area contributed by atoms with Crippen LogP contribution in [0.1, 0.15) is 12.8 Å². The molecule has 2 aromatic heterocycles. The van der Waals surface area contributed by atoms with Crippen LogP contribution < -0.4 is 16.4 Å². The van der Waals surface area contributed by atoms with Gasteiger partial charge in [-0.25, -0.2) is 8.42 Å². The van der Waals surface area contributed by atoms with Gasteiger partial charge in [0.1, 0.15) is 6.04 Å². The van der Waals surface area contributed by atoms with Crippen molar-refractivity contribution in [1.29, 1.82) is 0 Å². The van der Waals surface area contributed by atoms with Crippen molar-refractivity contribution in [3.05, 3.63) is 63.4 Å². The minimum absolute atomic E-state index is 0.0465. The predicted molar refractivity (Wildman–Crippen MR) is 114 cm³/mol. The van der Waals surface area contributed by atoms with Crippen LogP contribution in [-0.2, 0) is 28.9 Å². The summed E-state index contributed by atoms with van der Waals surface area (Å²) < 4.78 is 30.2. The minimum Gasteiger partial charge on any atom is -0.323 e. The molecule has 10 nitrogen and oxygen atoms in total. The minimum atomic E-state index is -4.02. The maximum Gasteiger partial charge on any atom is 0.316 e. The molecule has 4 rings (SSSR count). The summed E-state index contributed by atoms with van der Waals surface area (Å²) in [5.41, 5.74) is -0.225. The van der Waals surface area contributed by atoms with Crippen molar-refractivity contribution >= 4 is 32.7 Å². The first-order valence-corrected chi connectivity index (χ1v) is 11.1. The van der Waals surface area contributed by atoms with E-state index in [1.807, 2.05) is 0 Å². The van der Waals surface area contributed by atoms with Crippen molar-refractivity contribution in [3.63, 3.8) is 0 Å². The lowest BCUT2D eigenvalue weighted by atomic mass is 10.2. The smallest absolute Gasteiger partial charge is 0.316 e. The Morgan fingerprint density at radius 2 is 1.81 bits per heavy atom. The molecule has 31 heavy (non-hydrogen) atoms. The second-order valence-corrected chi connectivity index (χ2v) is 9.27. The molecule has 1 atom stereocenters. The van der Waals surface area contributed by atoms with Crippen molar-refractivity contribution in [2.75, 3.05) is 11.9 Å². The number of nitrogens with zero attached hydrogens (tertiary/aromatic N) is 4. The number of hydrogen-bond acceptors (Lipinski definition) is 6. The first kappa shape index (κ1) is 20.9. The van der Waals surface area contributed by atoms with E-state index in [-0.39, 0.29) is 11.4 Å². The van der Waals surface area contributed by atoms with Gasteiger partial charge in [-0.1, -0.05) is 0 Å². The first-order chi connectivity index (χ1) is 14.7. The highest BCUT2D eigenvalue weighted by molar-refractivity contribution is 7.89. The second-order valence-electron chi connectivity index (χ2n) is 7.38. The van der Waals surface area contributed by atoms with E-state index in [1.54, 1.807) is 18.3 Å². The fraction of sp³-hybridized carbons (Fsp3) is 0.300. The summed E-state index contributed by atoms with van der Waals surface area (Å²) in [7, 11) is -1.14. The SMILES string of the molecule is Cn1c(=O)c(=O)n(C)c2cc(S(=O)(=O)N3CCCC3C(=O)Nc3cccnc3)ccc21. The number of amides is 1. The fourth-order valence-corrected chi connectivity index (χ4v) is 5.49. The second kappa shape index (κ2) is 7.75. The number of nitrogens with one attached hydrogen (secondary N) is 1. The van der Waals surface area contributed by atoms with Gasteiger partial charge in [0.25, 0.3) is 0 Å². The van der Waals surface area contributed by atoms with Crippen molar-refractivity contribution in [3.8, 4) is 0 Å². The fourth-order valence-electron chi connectivity index (χ4n) is 3.81. The van der Waals surface area contributed by atoms with E-state index in [1.165, 1.54) is 47.4 Å².